The van der Waals surface area contributed by atoms with E-state index in [1.807, 2.05) is 0 Å². The van der Waals surface area contributed by atoms with Gasteiger partial charge in [0, 0.05) is 37.9 Å². The van der Waals surface area contributed by atoms with Gasteiger partial charge in [-0.2, -0.15) is 4.31 Å². The highest BCUT2D eigenvalue weighted by Crippen LogP contribution is 2.23. The van der Waals surface area contributed by atoms with Crippen molar-refractivity contribution in [3.8, 4) is 0 Å². The summed E-state index contributed by atoms with van der Waals surface area (Å²) in [6.07, 6.45) is 5.84. The predicted molar refractivity (Wildman–Crippen MR) is 113 cm³/mol. The molecule has 1 aromatic carbocycles. The lowest BCUT2D eigenvalue weighted by Gasteiger charge is -2.30. The molecule has 0 aliphatic carbocycles. The molecule has 0 saturated carbocycles. The van der Waals surface area contributed by atoms with E-state index >= 15 is 0 Å². The van der Waals surface area contributed by atoms with Gasteiger partial charge in [0.05, 0.1) is 0 Å². The van der Waals surface area contributed by atoms with Crippen molar-refractivity contribution in [2.24, 2.45) is 5.92 Å². The van der Waals surface area contributed by atoms with E-state index < -0.39 is 10.0 Å². The molecule has 0 spiro atoms. The molecule has 1 aliphatic rings. The Kier molecular flexibility index (Phi) is 7.03. The quantitative estimate of drug-likeness (QED) is 0.705. The first kappa shape index (κ1) is 21.5. The molecular weight excluding hydrogens is 386 g/mol. The van der Waals surface area contributed by atoms with E-state index in [1.54, 1.807) is 18.3 Å². The summed E-state index contributed by atoms with van der Waals surface area (Å²) in [7, 11) is -3.53. The largest absolute Gasteiger partial charge is 0.356 e. The number of nitrogens with zero attached hydrogens (tertiary/aromatic N) is 2. The second kappa shape index (κ2) is 9.50. The predicted octanol–water partition coefficient (Wildman–Crippen LogP) is 2.85. The monoisotopic (exact) mass is 415 g/mol. The molecule has 0 atom stereocenters. The molecule has 1 N–H and O–H groups in total. The third-order valence-corrected chi connectivity index (χ3v) is 7.40. The topological polar surface area (TPSA) is 79.4 Å². The van der Waals surface area contributed by atoms with Crippen LogP contribution in [0.5, 0.6) is 0 Å². The molecule has 0 radical (unpaired) electrons. The van der Waals surface area contributed by atoms with Crippen LogP contribution in [0.15, 0.2) is 47.6 Å². The molecule has 1 aromatic heterocycles. The van der Waals surface area contributed by atoms with Crippen LogP contribution in [0.1, 0.15) is 36.0 Å². The Labute approximate surface area is 173 Å². The van der Waals surface area contributed by atoms with E-state index in [2.05, 4.69) is 42.3 Å². The highest BCUT2D eigenvalue weighted by atomic mass is 32.2. The summed E-state index contributed by atoms with van der Waals surface area (Å²) in [6, 6.07) is 9.63. The third-order valence-electron chi connectivity index (χ3n) is 5.52. The van der Waals surface area contributed by atoms with Gasteiger partial charge in [-0.1, -0.05) is 23.8 Å². The average molecular weight is 416 g/mol. The molecule has 2 aromatic rings. The molecule has 3 rings (SSSR count). The van der Waals surface area contributed by atoms with Gasteiger partial charge >= 0.3 is 0 Å². The van der Waals surface area contributed by atoms with E-state index in [4.69, 9.17) is 0 Å². The standard InChI is InChI=1S/C22H29N3O3S/c1-17-7-8-19(18(2)15-17)5-3-12-24-22(26)20-9-13-25(14-10-20)29(27,28)21-6-4-11-23-16-21/h4,6-8,11,15-16,20H,3,5,9-10,12-14H2,1-2H3,(H,24,26). The number of piperidine rings is 1. The van der Waals surface area contributed by atoms with E-state index in [9.17, 15) is 13.2 Å². The lowest BCUT2D eigenvalue weighted by Crippen LogP contribution is -2.43. The fraction of sp³-hybridized carbons (Fsp3) is 0.455. The Hall–Kier alpha value is -2.25. The van der Waals surface area contributed by atoms with Gasteiger partial charge in [-0.15, -0.1) is 0 Å². The van der Waals surface area contributed by atoms with Gasteiger partial charge in [-0.3, -0.25) is 9.78 Å². The molecule has 156 valence electrons. The van der Waals surface area contributed by atoms with Crippen molar-refractivity contribution in [1.29, 1.82) is 0 Å². The summed E-state index contributed by atoms with van der Waals surface area (Å²) in [5.41, 5.74) is 3.87. The molecule has 1 amide bonds. The maximum absolute atomic E-state index is 12.6. The highest BCUT2D eigenvalue weighted by molar-refractivity contribution is 7.89. The minimum Gasteiger partial charge on any atom is -0.356 e. The molecule has 1 saturated heterocycles. The number of aryl methyl sites for hydroxylation is 3. The second-order valence-corrected chi connectivity index (χ2v) is 9.63. The van der Waals surface area contributed by atoms with Crippen molar-refractivity contribution in [1.82, 2.24) is 14.6 Å². The number of carbonyl (C=O) groups excluding carboxylic acids is 1. The number of nitrogens with one attached hydrogen (secondary N) is 1. The molecule has 1 aliphatic heterocycles. The summed E-state index contributed by atoms with van der Waals surface area (Å²) in [4.78, 5) is 16.6. The van der Waals surface area contributed by atoms with Crippen LogP contribution in [-0.4, -0.2) is 43.2 Å². The normalized spacial score (nSPS) is 15.9. The lowest BCUT2D eigenvalue weighted by atomic mass is 9.97. The Morgan fingerprint density at radius 2 is 1.97 bits per heavy atom. The van der Waals surface area contributed by atoms with Crippen LogP contribution in [0.2, 0.25) is 0 Å². The first-order valence-corrected chi connectivity index (χ1v) is 11.6. The zero-order chi connectivity index (χ0) is 20.9. The maximum Gasteiger partial charge on any atom is 0.244 e. The van der Waals surface area contributed by atoms with Gasteiger partial charge in [0.2, 0.25) is 15.9 Å². The Morgan fingerprint density at radius 1 is 1.21 bits per heavy atom. The fourth-order valence-corrected chi connectivity index (χ4v) is 5.20. The van der Waals surface area contributed by atoms with E-state index in [1.165, 1.54) is 27.2 Å². The maximum atomic E-state index is 12.6. The molecule has 0 bridgehead atoms. The van der Waals surface area contributed by atoms with Crippen LogP contribution in [0.4, 0.5) is 0 Å². The third kappa shape index (κ3) is 5.42. The zero-order valence-corrected chi connectivity index (χ0v) is 17.9. The summed E-state index contributed by atoms with van der Waals surface area (Å²) in [5, 5.41) is 3.02. The summed E-state index contributed by atoms with van der Waals surface area (Å²) in [6.45, 7) is 5.56. The van der Waals surface area contributed by atoms with E-state index in [0.717, 1.165) is 12.8 Å². The molecule has 0 unspecified atom stereocenters. The van der Waals surface area contributed by atoms with Crippen molar-refractivity contribution in [3.63, 3.8) is 0 Å². The molecule has 1 fully saturated rings. The molecule has 6 nitrogen and oxygen atoms in total. The Morgan fingerprint density at radius 3 is 2.62 bits per heavy atom. The summed E-state index contributed by atoms with van der Waals surface area (Å²) < 4.78 is 26.7. The van der Waals surface area contributed by atoms with Crippen LogP contribution in [0.25, 0.3) is 0 Å². The number of sulfonamides is 1. The van der Waals surface area contributed by atoms with Gasteiger partial charge in [-0.05, 0) is 62.8 Å². The number of carbonyl (C=O) groups is 1. The Balaban J connectivity index is 1.43. The van der Waals surface area contributed by atoms with Crippen molar-refractivity contribution in [2.75, 3.05) is 19.6 Å². The van der Waals surface area contributed by atoms with Crippen molar-refractivity contribution in [3.05, 3.63) is 59.4 Å². The van der Waals surface area contributed by atoms with Gasteiger partial charge < -0.3 is 5.32 Å². The number of amides is 1. The van der Waals surface area contributed by atoms with Crippen molar-refractivity contribution < 1.29 is 13.2 Å². The zero-order valence-electron chi connectivity index (χ0n) is 17.1. The number of pyridine rings is 1. The second-order valence-electron chi connectivity index (χ2n) is 7.69. The lowest BCUT2D eigenvalue weighted by molar-refractivity contribution is -0.126. The minimum absolute atomic E-state index is 0.0315. The first-order chi connectivity index (χ1) is 13.9. The van der Waals surface area contributed by atoms with Crippen molar-refractivity contribution in [2.45, 2.75) is 44.4 Å². The van der Waals surface area contributed by atoms with Crippen LogP contribution in [-0.2, 0) is 21.2 Å². The van der Waals surface area contributed by atoms with Crippen LogP contribution >= 0.6 is 0 Å². The summed E-state index contributed by atoms with van der Waals surface area (Å²) in [5.74, 6) is -0.0967. The van der Waals surface area contributed by atoms with Gasteiger partial charge in [0.25, 0.3) is 0 Å². The number of aromatic nitrogens is 1. The average Bonchev–Trinajstić information content (AvgIpc) is 2.73. The van der Waals surface area contributed by atoms with Crippen molar-refractivity contribution >= 4 is 15.9 Å². The Bertz CT molecular complexity index is 937. The molecule has 2 heterocycles. The summed E-state index contributed by atoms with van der Waals surface area (Å²) >= 11 is 0. The van der Waals surface area contributed by atoms with Gasteiger partial charge in [0.1, 0.15) is 4.90 Å². The smallest absolute Gasteiger partial charge is 0.244 e. The van der Waals surface area contributed by atoms with E-state index in [-0.39, 0.29) is 16.7 Å². The van der Waals surface area contributed by atoms with Gasteiger partial charge in [0.15, 0.2) is 0 Å². The molecule has 29 heavy (non-hydrogen) atoms. The number of hydrogen-bond acceptors (Lipinski definition) is 4. The van der Waals surface area contributed by atoms with Crippen LogP contribution in [0, 0.1) is 19.8 Å². The number of rotatable bonds is 7. The van der Waals surface area contributed by atoms with E-state index in [0.29, 0.717) is 32.5 Å². The minimum atomic E-state index is -3.53. The first-order valence-electron chi connectivity index (χ1n) is 10.1. The molecular formula is C22H29N3O3S. The number of benzene rings is 1. The fourth-order valence-electron chi connectivity index (χ4n) is 3.77. The molecule has 7 heteroatoms. The van der Waals surface area contributed by atoms with Gasteiger partial charge in [-0.25, -0.2) is 8.42 Å². The number of hydrogen-bond donors (Lipinski definition) is 1. The van der Waals surface area contributed by atoms with Crippen LogP contribution < -0.4 is 5.32 Å². The highest BCUT2D eigenvalue weighted by Gasteiger charge is 2.32. The van der Waals surface area contributed by atoms with Crippen LogP contribution in [0.3, 0.4) is 0 Å². The SMILES string of the molecule is Cc1ccc(CCCNC(=O)C2CCN(S(=O)(=O)c3cccnc3)CC2)c(C)c1.